The summed E-state index contributed by atoms with van der Waals surface area (Å²) in [6.07, 6.45) is 1.55. The van der Waals surface area contributed by atoms with Crippen molar-refractivity contribution in [2.75, 3.05) is 32.0 Å². The predicted octanol–water partition coefficient (Wildman–Crippen LogP) is 3.93. The second-order valence-corrected chi connectivity index (χ2v) is 9.67. The molecule has 0 bridgehead atoms. The first-order valence-corrected chi connectivity index (χ1v) is 11.4. The number of hydrogen-bond acceptors (Lipinski definition) is 5. The van der Waals surface area contributed by atoms with Crippen LogP contribution in [-0.4, -0.2) is 46.9 Å². The van der Waals surface area contributed by atoms with Gasteiger partial charge in [0.25, 0.3) is 15.9 Å². The van der Waals surface area contributed by atoms with Gasteiger partial charge in [-0.3, -0.25) is 14.0 Å². The third kappa shape index (κ3) is 5.12. The van der Waals surface area contributed by atoms with E-state index in [2.05, 4.69) is 5.32 Å². The molecule has 1 aromatic heterocycles. The van der Waals surface area contributed by atoms with E-state index >= 15 is 0 Å². The second kappa shape index (κ2) is 9.72. The highest BCUT2D eigenvalue weighted by Gasteiger charge is 2.25. The summed E-state index contributed by atoms with van der Waals surface area (Å²) in [5, 5.41) is 2.90. The summed E-state index contributed by atoms with van der Waals surface area (Å²) < 4.78 is 45.7. The fourth-order valence-electron chi connectivity index (χ4n) is 3.09. The Balaban J connectivity index is 1.83. The van der Waals surface area contributed by atoms with Crippen LogP contribution in [0.15, 0.2) is 70.2 Å². The Morgan fingerprint density at radius 2 is 1.81 bits per heavy atom. The van der Waals surface area contributed by atoms with Gasteiger partial charge in [0.1, 0.15) is 11.6 Å². The maximum absolute atomic E-state index is 13.2. The van der Waals surface area contributed by atoms with E-state index < -0.39 is 21.7 Å². The smallest absolute Gasteiger partial charge is 0.264 e. The highest BCUT2D eigenvalue weighted by Crippen LogP contribution is 2.26. The summed E-state index contributed by atoms with van der Waals surface area (Å²) in [6.45, 7) is 0.224. The lowest BCUT2D eigenvalue weighted by atomic mass is 10.1. The number of likely N-dealkylation sites (N-methyl/N-ethyl adjacent to an activating group) is 1. The van der Waals surface area contributed by atoms with E-state index in [0.717, 1.165) is 4.31 Å². The van der Waals surface area contributed by atoms with E-state index in [0.29, 0.717) is 5.76 Å². The van der Waals surface area contributed by atoms with Crippen molar-refractivity contribution in [3.8, 4) is 0 Å². The minimum atomic E-state index is -4.01. The van der Waals surface area contributed by atoms with E-state index in [1.807, 2.05) is 25.1 Å². The molecule has 1 atom stereocenters. The van der Waals surface area contributed by atoms with Gasteiger partial charge in [0.15, 0.2) is 0 Å². The van der Waals surface area contributed by atoms with Crippen molar-refractivity contribution in [3.63, 3.8) is 0 Å². The van der Waals surface area contributed by atoms with Crippen molar-refractivity contribution < 1.29 is 22.0 Å². The molecule has 7 nitrogen and oxygen atoms in total. The van der Waals surface area contributed by atoms with Crippen molar-refractivity contribution in [3.05, 3.63) is 83.0 Å². The maximum Gasteiger partial charge on any atom is 0.264 e. The summed E-state index contributed by atoms with van der Waals surface area (Å²) in [5.74, 6) is -0.316. The average molecular weight is 480 g/mol. The largest absolute Gasteiger partial charge is 0.468 e. The molecule has 0 spiro atoms. The molecule has 3 rings (SSSR count). The van der Waals surface area contributed by atoms with Gasteiger partial charge in [0, 0.05) is 13.6 Å². The van der Waals surface area contributed by atoms with Gasteiger partial charge in [-0.15, -0.1) is 0 Å². The predicted molar refractivity (Wildman–Crippen MR) is 121 cm³/mol. The zero-order valence-corrected chi connectivity index (χ0v) is 19.3. The Kier molecular flexibility index (Phi) is 7.22. The maximum atomic E-state index is 13.2. The number of furan rings is 1. The average Bonchev–Trinajstić information content (AvgIpc) is 3.28. The first-order chi connectivity index (χ1) is 15.1. The summed E-state index contributed by atoms with van der Waals surface area (Å²) in [7, 11) is 1.04. The van der Waals surface area contributed by atoms with Crippen LogP contribution in [0.25, 0.3) is 0 Å². The fourth-order valence-corrected chi connectivity index (χ4v) is 4.52. The standard InChI is InChI=1S/C22H23ClFN3O4S/c1-26(2)20(21-5-4-12-31-21)14-25-22(28)18-13-17(10-11-19(18)23)32(29,30)27(3)16-8-6-15(24)7-9-16/h4-13,20H,14H2,1-3H3,(H,25,28)/t20-/m1/s1. The summed E-state index contributed by atoms with van der Waals surface area (Å²) in [6, 6.07) is 12.3. The number of nitrogens with one attached hydrogen (secondary N) is 1. The number of nitrogens with zero attached hydrogens (tertiary/aromatic N) is 2. The topological polar surface area (TPSA) is 82.9 Å². The summed E-state index contributed by atoms with van der Waals surface area (Å²) >= 11 is 6.19. The Morgan fingerprint density at radius 1 is 1.12 bits per heavy atom. The Labute approximate surface area is 191 Å². The quantitative estimate of drug-likeness (QED) is 0.529. The molecule has 0 unspecified atom stereocenters. The minimum Gasteiger partial charge on any atom is -0.468 e. The fraction of sp³-hybridized carbons (Fsp3) is 0.227. The number of benzene rings is 2. The molecule has 0 aliphatic heterocycles. The van der Waals surface area contributed by atoms with Gasteiger partial charge in [0.2, 0.25) is 0 Å². The molecule has 3 aromatic rings. The van der Waals surface area contributed by atoms with Crippen LogP contribution in [0.2, 0.25) is 5.02 Å². The molecule has 0 saturated heterocycles. The van der Waals surface area contributed by atoms with Crippen molar-refractivity contribution in [1.29, 1.82) is 0 Å². The highest BCUT2D eigenvalue weighted by atomic mass is 35.5. The molecule has 10 heteroatoms. The van der Waals surface area contributed by atoms with Crippen LogP contribution in [0.3, 0.4) is 0 Å². The molecule has 0 fully saturated rings. The van der Waals surface area contributed by atoms with E-state index in [4.69, 9.17) is 16.0 Å². The Hall–Kier alpha value is -2.88. The molecular weight excluding hydrogens is 457 g/mol. The second-order valence-electron chi connectivity index (χ2n) is 7.30. The number of anilines is 1. The SMILES string of the molecule is CN(C)[C@H](CNC(=O)c1cc(S(=O)(=O)N(C)c2ccc(F)cc2)ccc1Cl)c1ccco1. The zero-order chi connectivity index (χ0) is 23.5. The van der Waals surface area contributed by atoms with Gasteiger partial charge >= 0.3 is 0 Å². The minimum absolute atomic E-state index is 0.0252. The highest BCUT2D eigenvalue weighted by molar-refractivity contribution is 7.92. The molecule has 0 aliphatic carbocycles. The van der Waals surface area contributed by atoms with Crippen molar-refractivity contribution in [2.24, 2.45) is 0 Å². The molecule has 1 amide bonds. The number of carbonyl (C=O) groups is 1. The molecule has 0 aliphatic rings. The third-order valence-electron chi connectivity index (χ3n) is 4.98. The van der Waals surface area contributed by atoms with Gasteiger partial charge in [-0.1, -0.05) is 11.6 Å². The van der Waals surface area contributed by atoms with Crippen LogP contribution >= 0.6 is 11.6 Å². The summed E-state index contributed by atoms with van der Waals surface area (Å²) in [5.41, 5.74) is 0.303. The van der Waals surface area contributed by atoms with Crippen molar-refractivity contribution >= 4 is 33.2 Å². The van der Waals surface area contributed by atoms with Gasteiger partial charge in [-0.2, -0.15) is 0 Å². The molecule has 32 heavy (non-hydrogen) atoms. The summed E-state index contributed by atoms with van der Waals surface area (Å²) in [4.78, 5) is 14.6. The number of hydrogen-bond donors (Lipinski definition) is 1. The van der Waals surface area contributed by atoms with Gasteiger partial charge in [-0.05, 0) is 68.7 Å². The number of amides is 1. The normalized spacial score (nSPS) is 12.6. The number of halogens is 2. The lowest BCUT2D eigenvalue weighted by Crippen LogP contribution is -2.34. The van der Waals surface area contributed by atoms with Gasteiger partial charge in [0.05, 0.1) is 33.5 Å². The van der Waals surface area contributed by atoms with Crippen LogP contribution in [0.4, 0.5) is 10.1 Å². The first-order valence-electron chi connectivity index (χ1n) is 9.63. The lowest BCUT2D eigenvalue weighted by Gasteiger charge is -2.23. The van der Waals surface area contributed by atoms with Crippen LogP contribution < -0.4 is 9.62 Å². The van der Waals surface area contributed by atoms with Crippen LogP contribution in [0, 0.1) is 5.82 Å². The molecule has 2 aromatic carbocycles. The Morgan fingerprint density at radius 3 is 2.41 bits per heavy atom. The van der Waals surface area contributed by atoms with E-state index in [9.17, 15) is 17.6 Å². The van der Waals surface area contributed by atoms with E-state index in [1.165, 1.54) is 49.5 Å². The number of rotatable bonds is 8. The van der Waals surface area contributed by atoms with Crippen LogP contribution in [0.1, 0.15) is 22.2 Å². The van der Waals surface area contributed by atoms with E-state index in [-0.39, 0.29) is 33.8 Å². The van der Waals surface area contributed by atoms with Gasteiger partial charge in [-0.25, -0.2) is 12.8 Å². The zero-order valence-electron chi connectivity index (χ0n) is 17.7. The molecule has 0 saturated carbocycles. The van der Waals surface area contributed by atoms with E-state index in [1.54, 1.807) is 12.3 Å². The lowest BCUT2D eigenvalue weighted by molar-refractivity contribution is 0.0939. The molecule has 170 valence electrons. The molecular formula is C22H23ClFN3O4S. The van der Waals surface area contributed by atoms with Crippen molar-refractivity contribution in [2.45, 2.75) is 10.9 Å². The Bertz CT molecular complexity index is 1180. The third-order valence-corrected chi connectivity index (χ3v) is 7.09. The van der Waals surface area contributed by atoms with Crippen LogP contribution in [0.5, 0.6) is 0 Å². The number of sulfonamides is 1. The molecule has 1 N–H and O–H groups in total. The monoisotopic (exact) mass is 479 g/mol. The van der Waals surface area contributed by atoms with Crippen molar-refractivity contribution in [1.82, 2.24) is 10.2 Å². The molecule has 1 heterocycles. The first kappa shape index (κ1) is 23.8. The van der Waals surface area contributed by atoms with Gasteiger partial charge < -0.3 is 9.73 Å². The molecule has 0 radical (unpaired) electrons. The van der Waals surface area contributed by atoms with Crippen LogP contribution in [-0.2, 0) is 10.0 Å². The number of carbonyl (C=O) groups excluding carboxylic acids is 1.